The van der Waals surface area contributed by atoms with Crippen molar-refractivity contribution in [3.8, 4) is 0 Å². The van der Waals surface area contributed by atoms with Crippen LogP contribution in [0.3, 0.4) is 0 Å². The lowest BCUT2D eigenvalue weighted by Crippen LogP contribution is -2.20. The molecule has 0 saturated carbocycles. The van der Waals surface area contributed by atoms with Crippen molar-refractivity contribution in [2.24, 2.45) is 0 Å². The number of hydrogen-bond acceptors (Lipinski definition) is 3. The quantitative estimate of drug-likeness (QED) is 0.627. The van der Waals surface area contributed by atoms with Crippen molar-refractivity contribution in [2.75, 3.05) is 20.5 Å². The maximum absolute atomic E-state index is 13.0. The van der Waals surface area contributed by atoms with E-state index < -0.39 is 24.5 Å². The lowest BCUT2D eigenvalue weighted by molar-refractivity contribution is -0.110. The topological polar surface area (TPSA) is 38.7 Å². The van der Waals surface area contributed by atoms with Crippen LogP contribution in [0.4, 0.5) is 13.2 Å². The van der Waals surface area contributed by atoms with E-state index in [0.717, 1.165) is 0 Å². The molecule has 20 heavy (non-hydrogen) atoms. The Morgan fingerprint density at radius 2 is 1.90 bits per heavy atom. The van der Waals surface area contributed by atoms with E-state index >= 15 is 0 Å². The van der Waals surface area contributed by atoms with Crippen molar-refractivity contribution < 1.29 is 27.8 Å². The van der Waals surface area contributed by atoms with Crippen molar-refractivity contribution in [3.05, 3.63) is 46.0 Å². The minimum Gasteiger partial charge on any atom is -0.383 e. The van der Waals surface area contributed by atoms with E-state index in [1.54, 1.807) is 18.2 Å². The van der Waals surface area contributed by atoms with E-state index in [1.165, 1.54) is 19.2 Å². The summed E-state index contributed by atoms with van der Waals surface area (Å²) < 4.78 is 47.8. The van der Waals surface area contributed by atoms with Crippen LogP contribution in [0.5, 0.6) is 0 Å². The summed E-state index contributed by atoms with van der Waals surface area (Å²) in [6.07, 6.45) is -6.01. The largest absolute Gasteiger partial charge is 0.415 e. The molecule has 1 unspecified atom stereocenters. The molecular weight excluding hydrogens is 341 g/mol. The monoisotopic (exact) mass is 354 g/mol. The standard InChI is InChI=1S/C13H14BrF3O3/c1-19-8-20-7-10(13(15,16)17)11(14)12(18)9-5-3-2-4-6-9/h2-6,12,18H,7-8H2,1H3/b11-10+. The highest BCUT2D eigenvalue weighted by Crippen LogP contribution is 2.37. The highest BCUT2D eigenvalue weighted by Gasteiger charge is 2.37. The van der Waals surface area contributed by atoms with Gasteiger partial charge in [0, 0.05) is 11.6 Å². The number of methoxy groups -OCH3 is 1. The number of aliphatic hydroxyl groups excluding tert-OH is 1. The van der Waals surface area contributed by atoms with E-state index in [2.05, 4.69) is 20.7 Å². The van der Waals surface area contributed by atoms with Gasteiger partial charge in [0.25, 0.3) is 0 Å². The van der Waals surface area contributed by atoms with Crippen LogP contribution >= 0.6 is 15.9 Å². The minimum atomic E-state index is -4.61. The zero-order chi connectivity index (χ0) is 15.2. The number of aliphatic hydroxyl groups is 1. The number of hydrogen-bond donors (Lipinski definition) is 1. The summed E-state index contributed by atoms with van der Waals surface area (Å²) >= 11 is 2.82. The van der Waals surface area contributed by atoms with Gasteiger partial charge in [-0.3, -0.25) is 0 Å². The van der Waals surface area contributed by atoms with Crippen LogP contribution in [0.1, 0.15) is 11.7 Å². The Bertz CT molecular complexity index is 446. The first kappa shape index (κ1) is 17.2. The summed E-state index contributed by atoms with van der Waals surface area (Å²) in [4.78, 5) is 0. The van der Waals surface area contributed by atoms with Crippen LogP contribution in [-0.2, 0) is 9.47 Å². The second-order valence-corrected chi connectivity index (χ2v) is 4.75. The highest BCUT2D eigenvalue weighted by atomic mass is 79.9. The number of alkyl halides is 3. The molecule has 1 aromatic carbocycles. The first-order valence-corrected chi connectivity index (χ1v) is 6.42. The second kappa shape index (κ2) is 7.78. The molecule has 1 aromatic rings. The third-order valence-electron chi connectivity index (χ3n) is 2.43. The van der Waals surface area contributed by atoms with Crippen molar-refractivity contribution in [3.63, 3.8) is 0 Å². The average molecular weight is 355 g/mol. The maximum atomic E-state index is 13.0. The van der Waals surface area contributed by atoms with E-state index in [-0.39, 0.29) is 11.3 Å². The molecule has 0 saturated heterocycles. The fourth-order valence-corrected chi connectivity index (χ4v) is 2.06. The summed E-state index contributed by atoms with van der Waals surface area (Å²) in [5.74, 6) is 0. The second-order valence-electron chi connectivity index (χ2n) is 3.89. The number of ether oxygens (including phenoxy) is 2. The molecule has 1 atom stereocenters. The molecule has 0 aliphatic rings. The smallest absolute Gasteiger partial charge is 0.383 e. The Kier molecular flexibility index (Phi) is 6.67. The van der Waals surface area contributed by atoms with Crippen molar-refractivity contribution in [1.82, 2.24) is 0 Å². The average Bonchev–Trinajstić information content (AvgIpc) is 2.42. The molecule has 0 aliphatic carbocycles. The Morgan fingerprint density at radius 3 is 2.40 bits per heavy atom. The summed E-state index contributed by atoms with van der Waals surface area (Å²) in [6, 6.07) is 8.05. The highest BCUT2D eigenvalue weighted by molar-refractivity contribution is 9.11. The van der Waals surface area contributed by atoms with E-state index in [0.29, 0.717) is 5.56 Å². The molecule has 0 spiro atoms. The maximum Gasteiger partial charge on any atom is 0.415 e. The Balaban J connectivity index is 3.01. The molecule has 0 bridgehead atoms. The van der Waals surface area contributed by atoms with Gasteiger partial charge in [-0.2, -0.15) is 13.2 Å². The van der Waals surface area contributed by atoms with Crippen LogP contribution in [-0.4, -0.2) is 31.8 Å². The Labute approximate surface area is 123 Å². The van der Waals surface area contributed by atoms with Crippen LogP contribution in [0.15, 0.2) is 40.4 Å². The summed E-state index contributed by atoms with van der Waals surface area (Å²) in [5.41, 5.74) is -0.626. The van der Waals surface area contributed by atoms with Gasteiger partial charge in [-0.25, -0.2) is 0 Å². The van der Waals surface area contributed by atoms with E-state index in [1.807, 2.05) is 0 Å². The lowest BCUT2D eigenvalue weighted by atomic mass is 10.1. The molecule has 0 aromatic heterocycles. The summed E-state index contributed by atoms with van der Waals surface area (Å²) in [7, 11) is 1.31. The van der Waals surface area contributed by atoms with Gasteiger partial charge >= 0.3 is 6.18 Å². The predicted octanol–water partition coefficient (Wildman–Crippen LogP) is 3.55. The van der Waals surface area contributed by atoms with Gasteiger partial charge in [-0.1, -0.05) is 46.3 Å². The van der Waals surface area contributed by atoms with Gasteiger partial charge in [0.2, 0.25) is 0 Å². The van der Waals surface area contributed by atoms with Crippen LogP contribution in [0.2, 0.25) is 0 Å². The fraction of sp³-hybridized carbons (Fsp3) is 0.385. The van der Waals surface area contributed by atoms with Crippen LogP contribution in [0, 0.1) is 0 Å². The molecule has 1 N–H and O–H groups in total. The lowest BCUT2D eigenvalue weighted by Gasteiger charge is -2.18. The molecule has 112 valence electrons. The Hall–Kier alpha value is -0.890. The zero-order valence-electron chi connectivity index (χ0n) is 10.7. The molecular formula is C13H14BrF3O3. The summed E-state index contributed by atoms with van der Waals surface area (Å²) in [6.45, 7) is -0.969. The number of halogens is 4. The molecule has 0 heterocycles. The molecule has 0 fully saturated rings. The third-order valence-corrected chi connectivity index (χ3v) is 3.35. The van der Waals surface area contributed by atoms with Gasteiger partial charge in [0.1, 0.15) is 12.9 Å². The fourth-order valence-electron chi connectivity index (χ4n) is 1.46. The van der Waals surface area contributed by atoms with Gasteiger partial charge in [-0.15, -0.1) is 0 Å². The normalized spacial score (nSPS) is 14.9. The molecule has 0 aliphatic heterocycles. The van der Waals surface area contributed by atoms with E-state index in [9.17, 15) is 18.3 Å². The van der Waals surface area contributed by atoms with Crippen LogP contribution in [0.25, 0.3) is 0 Å². The minimum absolute atomic E-state index is 0.263. The van der Waals surface area contributed by atoms with Crippen molar-refractivity contribution >= 4 is 15.9 Å². The molecule has 3 nitrogen and oxygen atoms in total. The van der Waals surface area contributed by atoms with E-state index in [4.69, 9.17) is 4.74 Å². The molecule has 0 amide bonds. The predicted molar refractivity (Wildman–Crippen MR) is 71.2 cm³/mol. The summed E-state index contributed by atoms with van der Waals surface area (Å²) in [5, 5.41) is 9.99. The molecule has 7 heteroatoms. The zero-order valence-corrected chi connectivity index (χ0v) is 12.2. The molecule has 1 rings (SSSR count). The third kappa shape index (κ3) is 4.90. The van der Waals surface area contributed by atoms with Crippen molar-refractivity contribution in [1.29, 1.82) is 0 Å². The first-order valence-electron chi connectivity index (χ1n) is 5.63. The number of rotatable bonds is 6. The SMILES string of the molecule is COCOC/C(=C(\Br)C(O)c1ccccc1)C(F)(F)F. The van der Waals surface area contributed by atoms with Gasteiger partial charge in [-0.05, 0) is 5.56 Å². The van der Waals surface area contributed by atoms with Crippen molar-refractivity contribution in [2.45, 2.75) is 12.3 Å². The first-order chi connectivity index (χ1) is 9.38. The van der Waals surface area contributed by atoms with Gasteiger partial charge in [0.05, 0.1) is 12.2 Å². The Morgan fingerprint density at radius 1 is 1.30 bits per heavy atom. The van der Waals surface area contributed by atoms with Gasteiger partial charge < -0.3 is 14.6 Å². The number of benzene rings is 1. The van der Waals surface area contributed by atoms with Crippen LogP contribution < -0.4 is 0 Å². The molecule has 0 radical (unpaired) electrons. The van der Waals surface area contributed by atoms with Gasteiger partial charge in [0.15, 0.2) is 0 Å².